The highest BCUT2D eigenvalue weighted by Crippen LogP contribution is 2.29. The van der Waals surface area contributed by atoms with Gasteiger partial charge in [-0.2, -0.15) is 5.10 Å². The molecular weight excluding hydrogens is 412 g/mol. The maximum atomic E-state index is 12.1. The van der Waals surface area contributed by atoms with E-state index in [2.05, 4.69) is 15.5 Å². The van der Waals surface area contributed by atoms with Crippen LogP contribution < -0.4 is 10.2 Å². The Morgan fingerprint density at radius 3 is 2.91 bits per heavy atom. The average molecular weight is 430 g/mol. The molecule has 0 aliphatic heterocycles. The van der Waals surface area contributed by atoms with Crippen LogP contribution >= 0.6 is 0 Å². The number of hydrogen-bond acceptors (Lipinski definition) is 7. The highest BCUT2D eigenvalue weighted by molar-refractivity contribution is 5.85. The number of para-hydroxylation sites is 1. The first-order valence-corrected chi connectivity index (χ1v) is 9.65. The van der Waals surface area contributed by atoms with Crippen LogP contribution in [-0.4, -0.2) is 28.6 Å². The fourth-order valence-corrected chi connectivity index (χ4v) is 3.09. The monoisotopic (exact) mass is 430 g/mol. The summed E-state index contributed by atoms with van der Waals surface area (Å²) in [6.07, 6.45) is 3.00. The van der Waals surface area contributed by atoms with Gasteiger partial charge in [0, 0.05) is 29.3 Å². The molecule has 4 aromatic rings. The van der Waals surface area contributed by atoms with Gasteiger partial charge in [0.05, 0.1) is 11.1 Å². The summed E-state index contributed by atoms with van der Waals surface area (Å²) in [5, 5.41) is 15.8. The number of amides is 1. The van der Waals surface area contributed by atoms with Gasteiger partial charge in [-0.15, -0.1) is 0 Å². The smallest absolute Gasteiger partial charge is 0.277 e. The number of nitro benzene ring substituents is 1. The Hall–Kier alpha value is -4.53. The number of hydrazone groups is 1. The minimum absolute atomic E-state index is 0.0223. The Balaban J connectivity index is 1.37. The number of fused-ring (bicyclic) bond motifs is 1. The maximum absolute atomic E-state index is 12.1. The largest absolute Gasteiger partial charge is 0.481 e. The van der Waals surface area contributed by atoms with E-state index in [0.717, 1.165) is 10.9 Å². The lowest BCUT2D eigenvalue weighted by Crippen LogP contribution is -2.24. The first kappa shape index (κ1) is 20.7. The number of nitrogens with one attached hydrogen (secondary N) is 1. The van der Waals surface area contributed by atoms with Gasteiger partial charge in [0.1, 0.15) is 22.8 Å². The van der Waals surface area contributed by atoms with E-state index in [1.807, 2.05) is 31.2 Å². The second-order valence-corrected chi connectivity index (χ2v) is 6.87. The first-order chi connectivity index (χ1) is 15.5. The van der Waals surface area contributed by atoms with Crippen molar-refractivity contribution < 1.29 is 18.9 Å². The van der Waals surface area contributed by atoms with E-state index in [1.54, 1.807) is 30.5 Å². The Morgan fingerprint density at radius 2 is 2.06 bits per heavy atom. The zero-order chi connectivity index (χ0) is 22.5. The van der Waals surface area contributed by atoms with Crippen molar-refractivity contribution in [2.45, 2.75) is 6.92 Å². The number of pyridine rings is 1. The Morgan fingerprint density at radius 1 is 1.22 bits per heavy atom. The van der Waals surface area contributed by atoms with Crippen molar-refractivity contribution in [1.29, 1.82) is 0 Å². The van der Waals surface area contributed by atoms with E-state index in [1.165, 1.54) is 18.3 Å². The number of aryl methyl sites for hydroxylation is 1. The van der Waals surface area contributed by atoms with E-state index in [-0.39, 0.29) is 12.3 Å². The molecule has 160 valence electrons. The number of nitrogens with zero attached hydrogens (tertiary/aromatic N) is 3. The summed E-state index contributed by atoms with van der Waals surface area (Å²) in [7, 11) is 0. The van der Waals surface area contributed by atoms with Gasteiger partial charge in [-0.25, -0.2) is 5.43 Å². The third-order valence-corrected chi connectivity index (χ3v) is 4.66. The van der Waals surface area contributed by atoms with Crippen LogP contribution in [0.15, 0.2) is 76.4 Å². The fourth-order valence-electron chi connectivity index (χ4n) is 3.09. The van der Waals surface area contributed by atoms with Crippen LogP contribution in [0.4, 0.5) is 5.69 Å². The molecule has 0 fully saturated rings. The molecule has 0 saturated carbocycles. The average Bonchev–Trinajstić information content (AvgIpc) is 3.26. The molecule has 2 aromatic heterocycles. The summed E-state index contributed by atoms with van der Waals surface area (Å²) < 4.78 is 11.2. The number of hydrogen-bond donors (Lipinski definition) is 1. The van der Waals surface area contributed by atoms with Crippen molar-refractivity contribution in [2.75, 3.05) is 6.61 Å². The van der Waals surface area contributed by atoms with Gasteiger partial charge < -0.3 is 9.15 Å². The molecular formula is C23H18N4O5. The lowest BCUT2D eigenvalue weighted by atomic mass is 10.1. The first-order valence-electron chi connectivity index (χ1n) is 9.65. The predicted molar refractivity (Wildman–Crippen MR) is 119 cm³/mol. The molecule has 9 heteroatoms. The number of carbonyl (C=O) groups excluding carboxylic acids is 1. The quantitative estimate of drug-likeness (QED) is 0.266. The summed E-state index contributed by atoms with van der Waals surface area (Å²) in [6.45, 7) is 1.60. The zero-order valence-corrected chi connectivity index (χ0v) is 17.0. The van der Waals surface area contributed by atoms with Crippen molar-refractivity contribution in [3.8, 4) is 17.1 Å². The van der Waals surface area contributed by atoms with Gasteiger partial charge in [-0.05, 0) is 36.8 Å². The maximum Gasteiger partial charge on any atom is 0.277 e. The molecule has 4 rings (SSSR count). The van der Waals surface area contributed by atoms with Crippen molar-refractivity contribution in [1.82, 2.24) is 10.4 Å². The predicted octanol–water partition coefficient (Wildman–Crippen LogP) is 4.24. The molecule has 0 atom stereocenters. The van der Waals surface area contributed by atoms with Gasteiger partial charge in [0.25, 0.3) is 11.6 Å². The summed E-state index contributed by atoms with van der Waals surface area (Å²) in [6, 6.07) is 17.1. The van der Waals surface area contributed by atoms with Crippen LogP contribution in [0, 0.1) is 17.0 Å². The second-order valence-electron chi connectivity index (χ2n) is 6.87. The summed E-state index contributed by atoms with van der Waals surface area (Å²) >= 11 is 0. The molecule has 2 aromatic carbocycles. The molecule has 0 saturated heterocycles. The molecule has 9 nitrogen and oxygen atoms in total. The molecule has 0 aliphatic rings. The van der Waals surface area contributed by atoms with Crippen LogP contribution in [0.2, 0.25) is 0 Å². The minimum Gasteiger partial charge on any atom is -0.481 e. The molecule has 0 aliphatic carbocycles. The summed E-state index contributed by atoms with van der Waals surface area (Å²) in [4.78, 5) is 26.9. The number of furan rings is 1. The molecule has 0 radical (unpaired) electrons. The highest BCUT2D eigenvalue weighted by Gasteiger charge is 2.13. The van der Waals surface area contributed by atoms with E-state index in [4.69, 9.17) is 9.15 Å². The van der Waals surface area contributed by atoms with Gasteiger partial charge >= 0.3 is 0 Å². The van der Waals surface area contributed by atoms with Crippen molar-refractivity contribution in [3.63, 3.8) is 0 Å². The van der Waals surface area contributed by atoms with Gasteiger partial charge in [0.2, 0.25) is 0 Å². The molecule has 0 bridgehead atoms. The molecule has 32 heavy (non-hydrogen) atoms. The number of rotatable bonds is 7. The number of carbonyl (C=O) groups is 1. The third kappa shape index (κ3) is 4.62. The van der Waals surface area contributed by atoms with Gasteiger partial charge in [-0.1, -0.05) is 24.3 Å². The topological polar surface area (TPSA) is 120 Å². The van der Waals surface area contributed by atoms with Crippen molar-refractivity contribution in [3.05, 3.63) is 88.3 Å². The SMILES string of the molecule is Cc1ccc([N+](=O)[O-])cc1-c1ccc(/C=N/NC(=O)COc2cccc3cccnc23)o1. The third-order valence-electron chi connectivity index (χ3n) is 4.66. The van der Waals surface area contributed by atoms with Gasteiger partial charge in [-0.3, -0.25) is 19.9 Å². The number of aromatic nitrogens is 1. The lowest BCUT2D eigenvalue weighted by Gasteiger charge is -2.07. The van der Waals surface area contributed by atoms with Crippen LogP contribution in [0.5, 0.6) is 5.75 Å². The summed E-state index contributed by atoms with van der Waals surface area (Å²) in [5.74, 6) is 0.900. The highest BCUT2D eigenvalue weighted by atomic mass is 16.6. The normalized spacial score (nSPS) is 11.0. The van der Waals surface area contributed by atoms with Crippen molar-refractivity contribution in [2.24, 2.45) is 5.10 Å². The molecule has 1 amide bonds. The zero-order valence-electron chi connectivity index (χ0n) is 17.0. The van der Waals surface area contributed by atoms with Gasteiger partial charge in [0.15, 0.2) is 6.61 Å². The number of ether oxygens (including phenoxy) is 1. The minimum atomic E-state index is -0.458. The molecule has 1 N–H and O–H groups in total. The molecule has 0 spiro atoms. The standard InChI is InChI=1S/C23H18N4O5/c1-15-7-8-17(27(29)30)12-19(15)20-10-9-18(32-20)13-25-26-22(28)14-31-21-6-2-4-16-5-3-11-24-23(16)21/h2-13H,14H2,1H3,(H,26,28)/b25-13+. The number of non-ortho nitro benzene ring substituents is 1. The van der Waals surface area contributed by atoms with Crippen molar-refractivity contribution >= 4 is 28.7 Å². The van der Waals surface area contributed by atoms with E-state index in [9.17, 15) is 14.9 Å². The molecule has 0 unspecified atom stereocenters. The Bertz CT molecular complexity index is 1320. The fraction of sp³-hybridized carbons (Fsp3) is 0.0870. The van der Waals surface area contributed by atoms with Crippen LogP contribution in [0.3, 0.4) is 0 Å². The Labute approximate surface area is 182 Å². The second kappa shape index (κ2) is 9.09. The number of nitro groups is 1. The lowest BCUT2D eigenvalue weighted by molar-refractivity contribution is -0.384. The van der Waals surface area contributed by atoms with E-state index >= 15 is 0 Å². The summed E-state index contributed by atoms with van der Waals surface area (Å²) in [5.41, 5.74) is 4.47. The Kier molecular flexibility index (Phi) is 5.89. The number of benzene rings is 2. The van der Waals surface area contributed by atoms with E-state index in [0.29, 0.717) is 28.4 Å². The van der Waals surface area contributed by atoms with Crippen LogP contribution in [-0.2, 0) is 4.79 Å². The molecule has 2 heterocycles. The van der Waals surface area contributed by atoms with Crippen LogP contribution in [0.25, 0.3) is 22.2 Å². The van der Waals surface area contributed by atoms with Crippen LogP contribution in [0.1, 0.15) is 11.3 Å². The van der Waals surface area contributed by atoms with E-state index < -0.39 is 10.8 Å².